The maximum atomic E-state index is 11.1. The first-order chi connectivity index (χ1) is 14.7. The zero-order chi connectivity index (χ0) is 20.5. The van der Waals surface area contributed by atoms with E-state index >= 15 is 0 Å². The molecule has 0 bridgehead atoms. The maximum absolute atomic E-state index is 11.1. The van der Waals surface area contributed by atoms with Crippen molar-refractivity contribution < 1.29 is 5.11 Å². The van der Waals surface area contributed by atoms with E-state index in [2.05, 4.69) is 25.1 Å². The molecule has 0 spiro atoms. The number of halogens is 1. The molecule has 0 aliphatic rings. The molecule has 0 fully saturated rings. The summed E-state index contributed by atoms with van der Waals surface area (Å²) in [6, 6.07) is 13.1. The fourth-order valence-electron chi connectivity index (χ4n) is 3.18. The molecule has 4 heterocycles. The highest BCUT2D eigenvalue weighted by Crippen LogP contribution is 2.41. The number of H-pyrrole nitrogens is 1. The Labute approximate surface area is 180 Å². The Morgan fingerprint density at radius 3 is 2.67 bits per heavy atom. The van der Waals surface area contributed by atoms with Gasteiger partial charge in [-0.3, -0.25) is 9.67 Å². The first kappa shape index (κ1) is 18.7. The number of nitrogens with zero attached hydrogens (tertiary/aromatic N) is 5. The van der Waals surface area contributed by atoms with Crippen LogP contribution < -0.4 is 0 Å². The van der Waals surface area contributed by atoms with Gasteiger partial charge in [-0.1, -0.05) is 23.7 Å². The molecule has 0 aliphatic carbocycles. The molecule has 1 aromatic carbocycles. The summed E-state index contributed by atoms with van der Waals surface area (Å²) in [7, 11) is 0. The van der Waals surface area contributed by atoms with E-state index in [1.54, 1.807) is 30.9 Å². The van der Waals surface area contributed by atoms with Crippen LogP contribution >= 0.6 is 22.9 Å². The Hall–Kier alpha value is -3.33. The second kappa shape index (κ2) is 7.83. The average molecular weight is 435 g/mol. The molecule has 2 N–H and O–H groups in total. The molecule has 7 nitrogen and oxygen atoms in total. The molecule has 5 aromatic rings. The molecule has 30 heavy (non-hydrogen) atoms. The standard InChI is InChI=1S/C21H15ClN6OS/c22-15-3-1-13(2-4-15)19(29)16-10-17(30-20(16)21-25-11-26-27-21)14-5-6-24-18(9-14)28-8-7-23-12-28/h1-12,19,29H,(H,25,26,27). The van der Waals surface area contributed by atoms with Gasteiger partial charge in [0.25, 0.3) is 0 Å². The normalized spacial score (nSPS) is 12.2. The zero-order valence-corrected chi connectivity index (χ0v) is 17.0. The van der Waals surface area contributed by atoms with Crippen LogP contribution in [0.25, 0.3) is 27.0 Å². The van der Waals surface area contributed by atoms with Gasteiger partial charge in [0.1, 0.15) is 24.6 Å². The van der Waals surface area contributed by atoms with Gasteiger partial charge in [0.15, 0.2) is 5.82 Å². The van der Waals surface area contributed by atoms with Crippen LogP contribution in [0, 0.1) is 0 Å². The minimum atomic E-state index is -0.831. The van der Waals surface area contributed by atoms with Gasteiger partial charge in [-0.15, -0.1) is 11.3 Å². The monoisotopic (exact) mass is 434 g/mol. The number of imidazole rings is 1. The van der Waals surface area contributed by atoms with E-state index in [0.29, 0.717) is 10.8 Å². The predicted octanol–water partition coefficient (Wildman–Crippen LogP) is 4.52. The molecule has 0 saturated carbocycles. The fraction of sp³-hybridized carbons (Fsp3) is 0.0476. The highest BCUT2D eigenvalue weighted by Gasteiger charge is 2.22. The van der Waals surface area contributed by atoms with Crippen molar-refractivity contribution in [2.75, 3.05) is 0 Å². The Balaban J connectivity index is 1.60. The summed E-state index contributed by atoms with van der Waals surface area (Å²) >= 11 is 7.53. The maximum Gasteiger partial charge on any atom is 0.165 e. The average Bonchev–Trinajstić information content (AvgIpc) is 3.55. The van der Waals surface area contributed by atoms with Crippen LogP contribution in [0.3, 0.4) is 0 Å². The van der Waals surface area contributed by atoms with Crippen molar-refractivity contribution in [1.82, 2.24) is 29.7 Å². The lowest BCUT2D eigenvalue weighted by molar-refractivity contribution is 0.221. The van der Waals surface area contributed by atoms with Gasteiger partial charge in [0, 0.05) is 34.1 Å². The number of rotatable bonds is 5. The number of thiophene rings is 1. The SMILES string of the molecule is OC(c1ccc(Cl)cc1)c1cc(-c2ccnc(-n3ccnc3)c2)sc1-c1ncn[nH]1. The quantitative estimate of drug-likeness (QED) is 0.424. The molecular formula is C21H15ClN6OS. The third kappa shape index (κ3) is 3.52. The summed E-state index contributed by atoms with van der Waals surface area (Å²) in [6.45, 7) is 0. The van der Waals surface area contributed by atoms with Gasteiger partial charge >= 0.3 is 0 Å². The van der Waals surface area contributed by atoms with Gasteiger partial charge in [0.2, 0.25) is 0 Å². The summed E-state index contributed by atoms with van der Waals surface area (Å²) in [6.07, 6.45) is 7.64. The van der Waals surface area contributed by atoms with Crippen molar-refractivity contribution in [1.29, 1.82) is 0 Å². The van der Waals surface area contributed by atoms with Crippen LogP contribution in [0.5, 0.6) is 0 Å². The molecule has 5 rings (SSSR count). The number of hydrogen-bond acceptors (Lipinski definition) is 6. The van der Waals surface area contributed by atoms with Gasteiger partial charge in [0.05, 0.1) is 4.88 Å². The number of aliphatic hydroxyl groups excluding tert-OH is 1. The van der Waals surface area contributed by atoms with E-state index in [0.717, 1.165) is 32.3 Å². The second-order valence-corrected chi connectivity index (χ2v) is 8.04. The molecule has 148 valence electrons. The van der Waals surface area contributed by atoms with E-state index in [1.165, 1.54) is 17.7 Å². The molecule has 0 saturated heterocycles. The lowest BCUT2D eigenvalue weighted by atomic mass is 10.0. The van der Waals surface area contributed by atoms with E-state index < -0.39 is 6.10 Å². The van der Waals surface area contributed by atoms with E-state index in [1.807, 2.05) is 41.1 Å². The summed E-state index contributed by atoms with van der Waals surface area (Å²) in [5, 5.41) is 18.6. The topological polar surface area (TPSA) is 92.5 Å². The first-order valence-electron chi connectivity index (χ1n) is 9.07. The molecule has 0 radical (unpaired) electrons. The molecule has 1 atom stereocenters. The Kier molecular flexibility index (Phi) is 4.88. The van der Waals surface area contributed by atoms with Crippen LogP contribution in [0.15, 0.2) is 73.7 Å². The Bertz CT molecular complexity index is 1270. The van der Waals surface area contributed by atoms with Crippen molar-refractivity contribution >= 4 is 22.9 Å². The fourth-order valence-corrected chi connectivity index (χ4v) is 4.44. The summed E-state index contributed by atoms with van der Waals surface area (Å²) < 4.78 is 1.85. The summed E-state index contributed by atoms with van der Waals surface area (Å²) in [4.78, 5) is 14.6. The van der Waals surface area contributed by atoms with Crippen molar-refractivity contribution in [3.63, 3.8) is 0 Å². The van der Waals surface area contributed by atoms with Gasteiger partial charge < -0.3 is 5.11 Å². The van der Waals surface area contributed by atoms with Crippen molar-refractivity contribution in [2.24, 2.45) is 0 Å². The number of aromatic amines is 1. The Morgan fingerprint density at radius 1 is 1.07 bits per heavy atom. The van der Waals surface area contributed by atoms with Crippen molar-refractivity contribution in [2.45, 2.75) is 6.10 Å². The van der Waals surface area contributed by atoms with E-state index in [9.17, 15) is 5.11 Å². The number of aromatic nitrogens is 6. The zero-order valence-electron chi connectivity index (χ0n) is 15.5. The third-order valence-electron chi connectivity index (χ3n) is 4.67. The molecule has 0 aliphatic heterocycles. The van der Waals surface area contributed by atoms with Gasteiger partial charge in [-0.05, 0) is 41.5 Å². The van der Waals surface area contributed by atoms with Crippen LogP contribution in [0.4, 0.5) is 0 Å². The molecular weight excluding hydrogens is 420 g/mol. The third-order valence-corrected chi connectivity index (χ3v) is 6.13. The first-order valence-corrected chi connectivity index (χ1v) is 10.3. The Morgan fingerprint density at radius 2 is 1.93 bits per heavy atom. The number of pyridine rings is 1. The van der Waals surface area contributed by atoms with Crippen LogP contribution in [-0.4, -0.2) is 34.8 Å². The van der Waals surface area contributed by atoms with Gasteiger partial charge in [-0.2, -0.15) is 5.10 Å². The predicted molar refractivity (Wildman–Crippen MR) is 116 cm³/mol. The minimum absolute atomic E-state index is 0.609. The number of benzene rings is 1. The number of aliphatic hydroxyl groups is 1. The largest absolute Gasteiger partial charge is 0.384 e. The minimum Gasteiger partial charge on any atom is -0.384 e. The lowest BCUT2D eigenvalue weighted by Crippen LogP contribution is -2.00. The number of hydrogen-bond donors (Lipinski definition) is 2. The lowest BCUT2D eigenvalue weighted by Gasteiger charge is -2.11. The number of nitrogens with one attached hydrogen (secondary N) is 1. The van der Waals surface area contributed by atoms with Crippen LogP contribution in [0.2, 0.25) is 5.02 Å². The summed E-state index contributed by atoms with van der Waals surface area (Å²) in [5.41, 5.74) is 2.47. The van der Waals surface area contributed by atoms with Crippen LogP contribution in [-0.2, 0) is 0 Å². The molecule has 4 aromatic heterocycles. The van der Waals surface area contributed by atoms with E-state index in [-0.39, 0.29) is 0 Å². The smallest absolute Gasteiger partial charge is 0.165 e. The van der Waals surface area contributed by atoms with Gasteiger partial charge in [-0.25, -0.2) is 15.0 Å². The highest BCUT2D eigenvalue weighted by molar-refractivity contribution is 7.19. The van der Waals surface area contributed by atoms with Crippen LogP contribution in [0.1, 0.15) is 17.2 Å². The highest BCUT2D eigenvalue weighted by atomic mass is 35.5. The van der Waals surface area contributed by atoms with Crippen molar-refractivity contribution in [3.8, 4) is 27.0 Å². The molecule has 9 heteroatoms. The van der Waals surface area contributed by atoms with E-state index in [4.69, 9.17) is 11.6 Å². The molecule has 1 unspecified atom stereocenters. The summed E-state index contributed by atoms with van der Waals surface area (Å²) in [5.74, 6) is 1.37. The second-order valence-electron chi connectivity index (χ2n) is 6.56. The molecule has 0 amide bonds. The van der Waals surface area contributed by atoms with Crippen molar-refractivity contribution in [3.05, 3.63) is 89.9 Å².